The maximum Gasteiger partial charge on any atom is 0.226 e. The Morgan fingerprint density at radius 3 is 2.92 bits per heavy atom. The van der Waals surface area contributed by atoms with Crippen LogP contribution in [0.25, 0.3) is 21.1 Å². The van der Waals surface area contributed by atoms with Gasteiger partial charge in [0.05, 0.1) is 0 Å². The number of thiazole rings is 1. The van der Waals surface area contributed by atoms with E-state index in [-0.39, 0.29) is 0 Å². The lowest BCUT2D eigenvalue weighted by atomic mass is 10.1. The Balaban J connectivity index is 1.52. The number of nitrogens with zero attached hydrogens (tertiary/aromatic N) is 5. The molecule has 25 heavy (non-hydrogen) atoms. The molecule has 0 bridgehead atoms. The van der Waals surface area contributed by atoms with E-state index in [4.69, 9.17) is 9.97 Å². The number of hydrogen-bond acceptors (Lipinski definition) is 7. The van der Waals surface area contributed by atoms with Crippen LogP contribution < -0.4 is 4.90 Å². The largest absolute Gasteiger partial charge is 0.338 e. The van der Waals surface area contributed by atoms with Crippen molar-refractivity contribution in [3.05, 3.63) is 35.3 Å². The highest BCUT2D eigenvalue weighted by Crippen LogP contribution is 2.35. The number of rotatable bonds is 3. The molecule has 2 aliphatic rings. The third-order valence-electron chi connectivity index (χ3n) is 5.07. The van der Waals surface area contributed by atoms with Crippen LogP contribution in [-0.2, 0) is 0 Å². The molecule has 128 valence electrons. The fraction of sp³-hybridized carbons (Fsp3) is 0.389. The number of piperazine rings is 1. The molecular formula is C18H19N5S2. The summed E-state index contributed by atoms with van der Waals surface area (Å²) in [7, 11) is 0. The summed E-state index contributed by atoms with van der Waals surface area (Å²) in [6.07, 6.45) is 6.44. The minimum Gasteiger partial charge on any atom is -0.338 e. The van der Waals surface area contributed by atoms with Crippen LogP contribution in [0.15, 0.2) is 35.3 Å². The van der Waals surface area contributed by atoms with Crippen LogP contribution in [0.5, 0.6) is 0 Å². The lowest BCUT2D eigenvalue weighted by Crippen LogP contribution is -2.50. The summed E-state index contributed by atoms with van der Waals surface area (Å²) < 4.78 is 0. The van der Waals surface area contributed by atoms with Gasteiger partial charge in [-0.25, -0.2) is 15.0 Å². The summed E-state index contributed by atoms with van der Waals surface area (Å²) in [5.74, 6) is 0.844. The van der Waals surface area contributed by atoms with E-state index in [2.05, 4.69) is 32.3 Å². The second-order valence-corrected chi connectivity index (χ2v) is 8.37. The summed E-state index contributed by atoms with van der Waals surface area (Å²) in [4.78, 5) is 20.3. The second kappa shape index (κ2) is 6.48. The van der Waals surface area contributed by atoms with Crippen LogP contribution in [0, 0.1) is 0 Å². The highest BCUT2D eigenvalue weighted by Gasteiger charge is 2.31. The molecule has 0 N–H and O–H groups in total. The van der Waals surface area contributed by atoms with E-state index in [0.29, 0.717) is 6.04 Å². The van der Waals surface area contributed by atoms with E-state index < -0.39 is 0 Å². The van der Waals surface area contributed by atoms with Gasteiger partial charge in [0.15, 0.2) is 0 Å². The second-order valence-electron chi connectivity index (χ2n) is 6.52. The summed E-state index contributed by atoms with van der Waals surface area (Å²) in [5.41, 5.74) is 2.03. The molecule has 0 aliphatic carbocycles. The van der Waals surface area contributed by atoms with E-state index >= 15 is 0 Å². The number of thiophene rings is 1. The Morgan fingerprint density at radius 2 is 2.08 bits per heavy atom. The van der Waals surface area contributed by atoms with Crippen LogP contribution in [0.1, 0.15) is 12.8 Å². The first-order valence-corrected chi connectivity index (χ1v) is 10.4. The van der Waals surface area contributed by atoms with Crippen LogP contribution in [0.4, 0.5) is 5.95 Å². The van der Waals surface area contributed by atoms with E-state index in [1.807, 2.05) is 17.8 Å². The first kappa shape index (κ1) is 15.4. The van der Waals surface area contributed by atoms with Crippen LogP contribution >= 0.6 is 22.7 Å². The van der Waals surface area contributed by atoms with Crippen molar-refractivity contribution in [1.82, 2.24) is 19.9 Å². The van der Waals surface area contributed by atoms with Crippen molar-refractivity contribution in [2.45, 2.75) is 18.9 Å². The van der Waals surface area contributed by atoms with Crippen LogP contribution in [0.2, 0.25) is 0 Å². The third-order valence-corrected chi connectivity index (χ3v) is 6.75. The number of aromatic nitrogens is 3. The maximum atomic E-state index is 4.96. The lowest BCUT2D eigenvalue weighted by molar-refractivity contribution is 0.229. The average Bonchev–Trinajstić information content (AvgIpc) is 3.43. The van der Waals surface area contributed by atoms with Gasteiger partial charge in [0, 0.05) is 53.9 Å². The zero-order valence-electron chi connectivity index (χ0n) is 13.8. The van der Waals surface area contributed by atoms with Gasteiger partial charge >= 0.3 is 0 Å². The zero-order valence-corrected chi connectivity index (χ0v) is 15.5. The molecule has 3 aromatic heterocycles. The van der Waals surface area contributed by atoms with E-state index in [1.165, 1.54) is 24.3 Å². The van der Waals surface area contributed by atoms with Crippen molar-refractivity contribution in [3.63, 3.8) is 0 Å². The molecule has 0 amide bonds. The normalized spacial score (nSPS) is 20.8. The quantitative estimate of drug-likeness (QED) is 0.706. The highest BCUT2D eigenvalue weighted by molar-refractivity contribution is 7.14. The van der Waals surface area contributed by atoms with Crippen LogP contribution in [0.3, 0.4) is 0 Å². The molecule has 5 nitrogen and oxygen atoms in total. The Morgan fingerprint density at radius 1 is 1.08 bits per heavy atom. The van der Waals surface area contributed by atoms with Gasteiger partial charge < -0.3 is 4.90 Å². The van der Waals surface area contributed by atoms with E-state index in [1.54, 1.807) is 22.7 Å². The van der Waals surface area contributed by atoms with Gasteiger partial charge in [0.25, 0.3) is 0 Å². The molecule has 0 unspecified atom stereocenters. The zero-order chi connectivity index (χ0) is 16.6. The summed E-state index contributed by atoms with van der Waals surface area (Å²) in [6.45, 7) is 4.41. The van der Waals surface area contributed by atoms with Gasteiger partial charge in [-0.3, -0.25) is 4.90 Å². The van der Waals surface area contributed by atoms with Crippen molar-refractivity contribution >= 4 is 28.6 Å². The van der Waals surface area contributed by atoms with Crippen molar-refractivity contribution < 1.29 is 0 Å². The Labute approximate surface area is 155 Å². The molecular weight excluding hydrogens is 350 g/mol. The minimum absolute atomic E-state index is 0.664. The van der Waals surface area contributed by atoms with Crippen molar-refractivity contribution in [1.29, 1.82) is 0 Å². The molecule has 2 aliphatic heterocycles. The van der Waals surface area contributed by atoms with Crippen molar-refractivity contribution in [2.75, 3.05) is 31.1 Å². The molecule has 2 saturated heterocycles. The molecule has 1 atom stereocenters. The highest BCUT2D eigenvalue weighted by atomic mass is 32.1. The number of anilines is 1. The Hall–Kier alpha value is -1.83. The van der Waals surface area contributed by atoms with Gasteiger partial charge in [0.1, 0.15) is 10.7 Å². The number of hydrogen-bond donors (Lipinski definition) is 0. The standard InChI is InChI=1S/C18H19N5S2/c1-3-13-12-23(8-7-22(13)6-1)18-20-11-14(15-4-2-9-24-15)16(21-18)17-19-5-10-25-17/h2,4-5,9-11,13H,1,3,6-8,12H2/t13-/m0/s1. The molecule has 5 rings (SSSR count). The number of fused-ring (bicyclic) bond motifs is 1. The Bertz CT molecular complexity index is 846. The SMILES string of the molecule is c1csc(-c2cnc(N3CCN4CCC[C@H]4C3)nc2-c2nccs2)c1. The van der Waals surface area contributed by atoms with Gasteiger partial charge in [-0.05, 0) is 30.8 Å². The average molecular weight is 370 g/mol. The maximum absolute atomic E-state index is 4.96. The van der Waals surface area contributed by atoms with E-state index in [9.17, 15) is 0 Å². The molecule has 5 heterocycles. The predicted molar refractivity (Wildman–Crippen MR) is 103 cm³/mol. The topological polar surface area (TPSA) is 45.2 Å². The van der Waals surface area contributed by atoms with Gasteiger partial charge in [-0.2, -0.15) is 0 Å². The lowest BCUT2D eigenvalue weighted by Gasteiger charge is -2.37. The molecule has 0 saturated carbocycles. The smallest absolute Gasteiger partial charge is 0.226 e. The summed E-state index contributed by atoms with van der Waals surface area (Å²) in [6, 6.07) is 4.86. The fourth-order valence-electron chi connectivity index (χ4n) is 3.81. The molecule has 0 radical (unpaired) electrons. The third kappa shape index (κ3) is 2.86. The first-order valence-electron chi connectivity index (χ1n) is 8.68. The first-order chi connectivity index (χ1) is 12.4. The van der Waals surface area contributed by atoms with Gasteiger partial charge in [-0.15, -0.1) is 22.7 Å². The molecule has 3 aromatic rings. The predicted octanol–water partition coefficient (Wildman–Crippen LogP) is 3.61. The molecule has 0 aromatic carbocycles. The van der Waals surface area contributed by atoms with Crippen LogP contribution in [-0.4, -0.2) is 52.1 Å². The fourth-order valence-corrected chi connectivity index (χ4v) is 5.19. The van der Waals surface area contributed by atoms with Gasteiger partial charge in [0.2, 0.25) is 5.95 Å². The molecule has 0 spiro atoms. The Kier molecular flexibility index (Phi) is 4.00. The van der Waals surface area contributed by atoms with Gasteiger partial charge in [-0.1, -0.05) is 6.07 Å². The van der Waals surface area contributed by atoms with E-state index in [0.717, 1.165) is 41.8 Å². The molecule has 7 heteroatoms. The monoisotopic (exact) mass is 369 g/mol. The van der Waals surface area contributed by atoms with Crippen molar-refractivity contribution in [2.24, 2.45) is 0 Å². The molecule has 2 fully saturated rings. The minimum atomic E-state index is 0.664. The summed E-state index contributed by atoms with van der Waals surface area (Å²) >= 11 is 3.35. The van der Waals surface area contributed by atoms with Crippen molar-refractivity contribution in [3.8, 4) is 21.1 Å². The summed E-state index contributed by atoms with van der Waals surface area (Å²) in [5, 5.41) is 5.06.